The van der Waals surface area contributed by atoms with E-state index in [1.807, 2.05) is 0 Å². The molecule has 18 heteroatoms. The van der Waals surface area contributed by atoms with Crippen LogP contribution in [-0.4, -0.2) is 115 Å². The SMILES string of the molecule is O=C(O)c1ccc(OCCCN2C(=O)/C(=C/c3cc(-c4cc(C(F)(F)F)cc(C(F)(F)F)c4)ccc3OCCN3CCOCC3)SC2=S)c(CN2CCOCC2)c1. The Labute approximate surface area is 334 Å². The molecule has 3 heterocycles. The van der Waals surface area contributed by atoms with Gasteiger partial charge in [0.05, 0.1) is 54.6 Å². The quantitative estimate of drug-likeness (QED) is 0.0767. The van der Waals surface area contributed by atoms with E-state index in [1.165, 1.54) is 35.2 Å². The van der Waals surface area contributed by atoms with Gasteiger partial charge in [-0.15, -0.1) is 0 Å². The first-order valence-corrected chi connectivity index (χ1v) is 19.3. The number of carbonyl (C=O) groups excluding carboxylic acids is 1. The van der Waals surface area contributed by atoms with E-state index >= 15 is 0 Å². The highest BCUT2D eigenvalue weighted by Crippen LogP contribution is 2.41. The number of hydrogen-bond acceptors (Lipinski definition) is 10. The van der Waals surface area contributed by atoms with Crippen LogP contribution in [0.2, 0.25) is 0 Å². The summed E-state index contributed by atoms with van der Waals surface area (Å²) >= 11 is 6.54. The topological polar surface area (TPSA) is 101 Å². The summed E-state index contributed by atoms with van der Waals surface area (Å²) in [6.07, 6.45) is -8.23. The second-order valence-corrected chi connectivity index (χ2v) is 15.1. The molecular formula is C39H39F6N3O7S2. The number of rotatable bonds is 14. The van der Waals surface area contributed by atoms with Gasteiger partial charge in [-0.05, 0) is 72.2 Å². The predicted octanol–water partition coefficient (Wildman–Crippen LogP) is 7.30. The third kappa shape index (κ3) is 11.3. The number of carboxylic acids is 1. The van der Waals surface area contributed by atoms with Crippen LogP contribution >= 0.6 is 24.0 Å². The molecule has 306 valence electrons. The van der Waals surface area contributed by atoms with Crippen LogP contribution in [0.3, 0.4) is 0 Å². The minimum absolute atomic E-state index is 0.0513. The second kappa shape index (κ2) is 18.6. The number of alkyl halides is 6. The minimum Gasteiger partial charge on any atom is -0.493 e. The smallest absolute Gasteiger partial charge is 0.416 e. The zero-order valence-electron chi connectivity index (χ0n) is 30.5. The Balaban J connectivity index is 1.19. The standard InChI is InChI=1S/C39H39F6N3O7S2/c40-38(41,42)30-20-27(21-31(23-30)39(43,44)45)25-2-4-32(55-17-11-46-7-13-52-14-8-46)28(18-25)22-34-35(49)48(37(56)57-34)6-1-12-54-33-5-3-26(36(50)51)19-29(33)24-47-9-15-53-16-10-47/h2-5,18-23H,1,6-17,24H2,(H,50,51)/b34-22-. The van der Waals surface area contributed by atoms with E-state index < -0.39 is 35.4 Å². The molecule has 3 aliphatic heterocycles. The predicted molar refractivity (Wildman–Crippen MR) is 204 cm³/mol. The van der Waals surface area contributed by atoms with Gasteiger partial charge in [-0.2, -0.15) is 26.3 Å². The van der Waals surface area contributed by atoms with Gasteiger partial charge in [0.25, 0.3) is 5.91 Å². The molecule has 0 aromatic heterocycles. The first-order valence-electron chi connectivity index (χ1n) is 18.1. The lowest BCUT2D eigenvalue weighted by Crippen LogP contribution is -2.38. The Bertz CT molecular complexity index is 1950. The maximum Gasteiger partial charge on any atom is 0.416 e. The Hall–Kier alpha value is -4.20. The number of hydrogen-bond donors (Lipinski definition) is 1. The van der Waals surface area contributed by atoms with E-state index in [-0.39, 0.29) is 63.1 Å². The summed E-state index contributed by atoms with van der Waals surface area (Å²) in [5.74, 6) is -0.708. The van der Waals surface area contributed by atoms with Crippen LogP contribution in [0, 0.1) is 0 Å². The van der Waals surface area contributed by atoms with Crippen molar-refractivity contribution in [2.24, 2.45) is 0 Å². The van der Waals surface area contributed by atoms with Crippen molar-refractivity contribution in [1.82, 2.24) is 14.7 Å². The summed E-state index contributed by atoms with van der Waals surface area (Å²) in [5.41, 5.74) is -2.06. The summed E-state index contributed by atoms with van der Waals surface area (Å²) < 4.78 is 105. The summed E-state index contributed by atoms with van der Waals surface area (Å²) in [6, 6.07) is 10.3. The first kappa shape index (κ1) is 42.4. The van der Waals surface area contributed by atoms with E-state index in [1.54, 1.807) is 12.1 Å². The Kier molecular flexibility index (Phi) is 13.8. The van der Waals surface area contributed by atoms with Crippen LogP contribution in [0.25, 0.3) is 17.2 Å². The molecule has 0 aliphatic carbocycles. The molecule has 0 bridgehead atoms. The number of amides is 1. The molecule has 3 aromatic rings. The maximum absolute atomic E-state index is 13.7. The molecule has 10 nitrogen and oxygen atoms in total. The lowest BCUT2D eigenvalue weighted by atomic mass is 9.97. The number of morpholine rings is 2. The van der Waals surface area contributed by atoms with Gasteiger partial charge in [0.15, 0.2) is 0 Å². The molecule has 0 saturated carbocycles. The highest BCUT2D eigenvalue weighted by Gasteiger charge is 2.37. The van der Waals surface area contributed by atoms with E-state index in [0.717, 1.165) is 11.8 Å². The molecular weight excluding hydrogens is 801 g/mol. The van der Waals surface area contributed by atoms with Crippen molar-refractivity contribution in [3.63, 3.8) is 0 Å². The highest BCUT2D eigenvalue weighted by molar-refractivity contribution is 8.26. The Morgan fingerprint density at radius 1 is 0.789 bits per heavy atom. The molecule has 3 aromatic carbocycles. The van der Waals surface area contributed by atoms with Crippen LogP contribution in [-0.2, 0) is 33.2 Å². The molecule has 0 radical (unpaired) electrons. The molecule has 1 amide bonds. The van der Waals surface area contributed by atoms with Crippen molar-refractivity contribution >= 4 is 46.3 Å². The minimum atomic E-state index is -5.03. The molecule has 1 N–H and O–H groups in total. The number of thiocarbonyl (C=S) groups is 1. The number of thioether (sulfide) groups is 1. The zero-order valence-corrected chi connectivity index (χ0v) is 32.1. The number of carboxylic acid groups (broad SMARTS) is 1. The summed E-state index contributed by atoms with van der Waals surface area (Å²) in [4.78, 5) is 31.2. The van der Waals surface area contributed by atoms with Gasteiger partial charge >= 0.3 is 18.3 Å². The van der Waals surface area contributed by atoms with Crippen LogP contribution in [0.15, 0.2) is 59.5 Å². The fraction of sp³-hybridized carbons (Fsp3) is 0.410. The molecule has 0 spiro atoms. The van der Waals surface area contributed by atoms with Gasteiger partial charge in [-0.25, -0.2) is 4.79 Å². The molecule has 3 fully saturated rings. The molecule has 57 heavy (non-hydrogen) atoms. The van der Waals surface area contributed by atoms with Crippen molar-refractivity contribution < 1.29 is 60.0 Å². The van der Waals surface area contributed by atoms with E-state index in [9.17, 15) is 41.0 Å². The van der Waals surface area contributed by atoms with E-state index in [0.29, 0.717) is 95.6 Å². The number of carbonyl (C=O) groups is 2. The third-order valence-electron chi connectivity index (χ3n) is 9.45. The average Bonchev–Trinajstić information content (AvgIpc) is 3.44. The Morgan fingerprint density at radius 3 is 2.04 bits per heavy atom. The summed E-state index contributed by atoms with van der Waals surface area (Å²) in [7, 11) is 0. The molecule has 0 atom stereocenters. The molecule has 0 unspecified atom stereocenters. The van der Waals surface area contributed by atoms with Gasteiger partial charge < -0.3 is 24.1 Å². The molecule has 3 saturated heterocycles. The van der Waals surface area contributed by atoms with Crippen LogP contribution < -0.4 is 9.47 Å². The van der Waals surface area contributed by atoms with Crippen LogP contribution in [0.1, 0.15) is 39.0 Å². The van der Waals surface area contributed by atoms with Crippen LogP contribution in [0.4, 0.5) is 26.3 Å². The monoisotopic (exact) mass is 839 g/mol. The maximum atomic E-state index is 13.7. The lowest BCUT2D eigenvalue weighted by Gasteiger charge is -2.27. The van der Waals surface area contributed by atoms with Crippen molar-refractivity contribution in [3.8, 4) is 22.6 Å². The molecule has 3 aliphatic rings. The van der Waals surface area contributed by atoms with Gasteiger partial charge in [0, 0.05) is 56.9 Å². The van der Waals surface area contributed by atoms with Crippen molar-refractivity contribution in [2.45, 2.75) is 25.3 Å². The van der Waals surface area contributed by atoms with Crippen LogP contribution in [0.5, 0.6) is 11.5 Å². The van der Waals surface area contributed by atoms with Gasteiger partial charge in [-0.1, -0.05) is 30.0 Å². The van der Waals surface area contributed by atoms with Gasteiger partial charge in [0.2, 0.25) is 0 Å². The normalized spacial score (nSPS) is 18.1. The second-order valence-electron chi connectivity index (χ2n) is 13.4. The van der Waals surface area contributed by atoms with Crippen molar-refractivity contribution in [1.29, 1.82) is 0 Å². The fourth-order valence-electron chi connectivity index (χ4n) is 6.42. The lowest BCUT2D eigenvalue weighted by molar-refractivity contribution is -0.143. The Morgan fingerprint density at radius 2 is 1.40 bits per heavy atom. The largest absolute Gasteiger partial charge is 0.493 e. The fourth-order valence-corrected chi connectivity index (χ4v) is 7.72. The van der Waals surface area contributed by atoms with E-state index in [2.05, 4.69) is 9.80 Å². The summed E-state index contributed by atoms with van der Waals surface area (Å²) in [5, 5.41) is 9.53. The number of benzene rings is 3. The summed E-state index contributed by atoms with van der Waals surface area (Å²) in [6.45, 7) is 6.65. The van der Waals surface area contributed by atoms with E-state index in [4.69, 9.17) is 31.2 Å². The molecule has 6 rings (SSSR count). The number of halogens is 6. The number of nitrogens with zero attached hydrogens (tertiary/aromatic N) is 3. The van der Waals surface area contributed by atoms with Crippen molar-refractivity contribution in [2.75, 3.05) is 78.9 Å². The number of aromatic carboxylic acids is 1. The number of ether oxygens (including phenoxy) is 4. The third-order valence-corrected chi connectivity index (χ3v) is 10.8. The van der Waals surface area contributed by atoms with Gasteiger partial charge in [-0.3, -0.25) is 19.5 Å². The van der Waals surface area contributed by atoms with Gasteiger partial charge in [0.1, 0.15) is 22.4 Å². The highest BCUT2D eigenvalue weighted by atomic mass is 32.2. The average molecular weight is 840 g/mol. The van der Waals surface area contributed by atoms with Crippen molar-refractivity contribution in [3.05, 3.63) is 87.3 Å². The zero-order chi connectivity index (χ0) is 40.7. The first-order chi connectivity index (χ1) is 27.2.